The maximum absolute atomic E-state index is 12.8. The topological polar surface area (TPSA) is 64.3 Å². The fourth-order valence-electron chi connectivity index (χ4n) is 2.80. The van der Waals surface area contributed by atoms with Crippen LogP contribution >= 0.6 is 0 Å². The molecule has 6 nitrogen and oxygen atoms in total. The van der Waals surface area contributed by atoms with Gasteiger partial charge in [0.05, 0.1) is 6.10 Å². The second kappa shape index (κ2) is 6.46. The minimum atomic E-state index is -4.67. The van der Waals surface area contributed by atoms with E-state index < -0.39 is 24.7 Å². The molecule has 0 amide bonds. The Morgan fingerprint density at radius 2 is 2.00 bits per heavy atom. The molecular formula is C13H14F5N5O. The lowest BCUT2D eigenvalue weighted by molar-refractivity contribution is -0.169. The van der Waals surface area contributed by atoms with E-state index in [1.165, 1.54) is 12.1 Å². The molecule has 1 fully saturated rings. The monoisotopic (exact) mass is 351 g/mol. The Kier molecular flexibility index (Phi) is 4.52. The molecule has 2 aromatic heterocycles. The third-order valence-corrected chi connectivity index (χ3v) is 3.79. The van der Waals surface area contributed by atoms with Crippen LogP contribution in [0.25, 0.3) is 5.65 Å². The number of halogens is 5. The Morgan fingerprint density at radius 3 is 2.71 bits per heavy atom. The third-order valence-electron chi connectivity index (χ3n) is 3.79. The van der Waals surface area contributed by atoms with E-state index in [4.69, 9.17) is 0 Å². The summed E-state index contributed by atoms with van der Waals surface area (Å²) in [6, 6.07) is 2.62. The Bertz CT molecular complexity index is 704. The predicted octanol–water partition coefficient (Wildman–Crippen LogP) is 3.11. The number of fused-ring (bicyclic) bond motifs is 1. The highest BCUT2D eigenvalue weighted by atomic mass is 19.4. The summed E-state index contributed by atoms with van der Waals surface area (Å²) in [6.07, 6.45) is -3.03. The number of hydrogen-bond donors (Lipinski definition) is 1. The number of anilines is 1. The van der Waals surface area contributed by atoms with Gasteiger partial charge in [0.2, 0.25) is 0 Å². The van der Waals surface area contributed by atoms with Crippen LogP contribution < -0.4 is 5.32 Å². The summed E-state index contributed by atoms with van der Waals surface area (Å²) in [6.45, 7) is -2.84. The Hall–Kier alpha value is -2.04. The first-order valence-electron chi connectivity index (χ1n) is 7.33. The van der Waals surface area contributed by atoms with Crippen molar-refractivity contribution in [2.75, 3.05) is 5.32 Å². The molecule has 132 valence electrons. The van der Waals surface area contributed by atoms with Gasteiger partial charge in [0.15, 0.2) is 5.65 Å². The van der Waals surface area contributed by atoms with E-state index in [9.17, 15) is 22.0 Å². The smallest absolute Gasteiger partial charge is 0.366 e. The van der Waals surface area contributed by atoms with Crippen LogP contribution in [0.2, 0.25) is 0 Å². The molecule has 2 heterocycles. The Morgan fingerprint density at radius 1 is 1.21 bits per heavy atom. The second-order valence-corrected chi connectivity index (χ2v) is 5.54. The molecule has 0 aromatic carbocycles. The molecule has 1 aliphatic rings. The molecule has 3 rings (SSSR count). The molecule has 1 N–H and O–H groups in total. The zero-order chi connectivity index (χ0) is 17.3. The van der Waals surface area contributed by atoms with Gasteiger partial charge in [-0.2, -0.15) is 26.5 Å². The highest BCUT2D eigenvalue weighted by Crippen LogP contribution is 2.28. The van der Waals surface area contributed by atoms with Crippen molar-refractivity contribution in [3.8, 4) is 0 Å². The van der Waals surface area contributed by atoms with Crippen LogP contribution in [0.5, 0.6) is 0 Å². The van der Waals surface area contributed by atoms with E-state index >= 15 is 0 Å². The molecule has 11 heteroatoms. The maximum atomic E-state index is 12.8. The minimum absolute atomic E-state index is 0.0320. The molecule has 1 saturated carbocycles. The van der Waals surface area contributed by atoms with Gasteiger partial charge in [0.1, 0.15) is 5.82 Å². The predicted molar refractivity (Wildman–Crippen MR) is 72.5 cm³/mol. The number of alkyl halides is 5. The highest BCUT2D eigenvalue weighted by Gasteiger charge is 2.37. The largest absolute Gasteiger partial charge is 0.453 e. The zero-order valence-corrected chi connectivity index (χ0v) is 12.3. The first-order chi connectivity index (χ1) is 11.3. The molecule has 0 spiro atoms. The summed E-state index contributed by atoms with van der Waals surface area (Å²) in [7, 11) is 0. The highest BCUT2D eigenvalue weighted by molar-refractivity contribution is 5.44. The summed E-state index contributed by atoms with van der Waals surface area (Å²) in [5.74, 6) is -1.03. The normalized spacial score (nSPS) is 22.2. The van der Waals surface area contributed by atoms with E-state index in [1.807, 2.05) is 0 Å². The fourth-order valence-corrected chi connectivity index (χ4v) is 2.80. The van der Waals surface area contributed by atoms with Crippen LogP contribution in [0, 0.1) is 0 Å². The van der Waals surface area contributed by atoms with Gasteiger partial charge < -0.3 is 10.1 Å². The van der Waals surface area contributed by atoms with E-state index in [0.29, 0.717) is 30.2 Å². The molecule has 24 heavy (non-hydrogen) atoms. The SMILES string of the molecule is FC(F)OC1CCCC(Nc2ccc3nnc(C(F)(F)F)n3n2)C1. The minimum Gasteiger partial charge on any atom is -0.366 e. The number of aromatic nitrogens is 4. The number of nitrogens with zero attached hydrogens (tertiary/aromatic N) is 4. The lowest BCUT2D eigenvalue weighted by atomic mass is 9.93. The van der Waals surface area contributed by atoms with Gasteiger partial charge in [-0.25, -0.2) is 0 Å². The van der Waals surface area contributed by atoms with Gasteiger partial charge in [0.25, 0.3) is 5.82 Å². The van der Waals surface area contributed by atoms with Crippen LogP contribution in [0.1, 0.15) is 31.5 Å². The molecule has 0 radical (unpaired) electrons. The fraction of sp³-hybridized carbons (Fsp3) is 0.615. The van der Waals surface area contributed by atoms with Crippen molar-refractivity contribution < 1.29 is 26.7 Å². The lowest BCUT2D eigenvalue weighted by Crippen LogP contribution is -2.33. The average Bonchev–Trinajstić information content (AvgIpc) is 2.90. The van der Waals surface area contributed by atoms with Crippen molar-refractivity contribution in [1.29, 1.82) is 0 Å². The van der Waals surface area contributed by atoms with Gasteiger partial charge in [-0.15, -0.1) is 15.3 Å². The first-order valence-corrected chi connectivity index (χ1v) is 7.33. The molecule has 1 aliphatic carbocycles. The molecule has 2 unspecified atom stereocenters. The van der Waals surface area contributed by atoms with Gasteiger partial charge in [-0.05, 0) is 37.8 Å². The number of ether oxygens (including phenoxy) is 1. The average molecular weight is 351 g/mol. The lowest BCUT2D eigenvalue weighted by Gasteiger charge is -2.29. The Labute approximate surface area is 133 Å². The van der Waals surface area contributed by atoms with Crippen molar-refractivity contribution in [3.05, 3.63) is 18.0 Å². The van der Waals surface area contributed by atoms with Crippen molar-refractivity contribution in [2.45, 2.75) is 50.6 Å². The molecule has 2 atom stereocenters. The van der Waals surface area contributed by atoms with Crippen LogP contribution in [-0.2, 0) is 10.9 Å². The van der Waals surface area contributed by atoms with E-state index in [-0.39, 0.29) is 17.5 Å². The van der Waals surface area contributed by atoms with Crippen molar-refractivity contribution in [3.63, 3.8) is 0 Å². The molecule has 2 aromatic rings. The van der Waals surface area contributed by atoms with Crippen molar-refractivity contribution in [2.24, 2.45) is 0 Å². The summed E-state index contributed by atoms with van der Waals surface area (Å²) in [5, 5.41) is 13.3. The van der Waals surface area contributed by atoms with Crippen molar-refractivity contribution >= 4 is 11.5 Å². The Balaban J connectivity index is 1.75. The van der Waals surface area contributed by atoms with Crippen molar-refractivity contribution in [1.82, 2.24) is 19.8 Å². The quantitative estimate of drug-likeness (QED) is 0.858. The zero-order valence-electron chi connectivity index (χ0n) is 12.3. The molecule has 0 aliphatic heterocycles. The standard InChI is InChI=1S/C13H14F5N5O/c14-12(15)24-8-3-1-2-7(6-8)19-9-4-5-10-20-21-11(13(16,17)18)23(10)22-9/h4-5,7-8,12H,1-3,6H2,(H,19,22). The second-order valence-electron chi connectivity index (χ2n) is 5.54. The van der Waals surface area contributed by atoms with Gasteiger partial charge in [-0.3, -0.25) is 0 Å². The molecule has 0 bridgehead atoms. The van der Waals surface area contributed by atoms with E-state index in [1.54, 1.807) is 0 Å². The van der Waals surface area contributed by atoms with Gasteiger partial charge in [0, 0.05) is 6.04 Å². The first kappa shape index (κ1) is 16.8. The van der Waals surface area contributed by atoms with E-state index in [0.717, 1.165) is 0 Å². The van der Waals surface area contributed by atoms with Crippen LogP contribution in [0.3, 0.4) is 0 Å². The summed E-state index contributed by atoms with van der Waals surface area (Å²) < 4.78 is 68.2. The summed E-state index contributed by atoms with van der Waals surface area (Å²) in [4.78, 5) is 0. The number of rotatable bonds is 4. The third kappa shape index (κ3) is 3.71. The van der Waals surface area contributed by atoms with Crippen LogP contribution in [-0.4, -0.2) is 38.6 Å². The molecular weight excluding hydrogens is 337 g/mol. The molecule has 0 saturated heterocycles. The number of hydrogen-bond acceptors (Lipinski definition) is 5. The number of nitrogens with one attached hydrogen (secondary N) is 1. The van der Waals surface area contributed by atoms with Crippen LogP contribution in [0.15, 0.2) is 12.1 Å². The summed E-state index contributed by atoms with van der Waals surface area (Å²) in [5.41, 5.74) is -0.0320. The van der Waals surface area contributed by atoms with Gasteiger partial charge >= 0.3 is 12.8 Å². The maximum Gasteiger partial charge on any atom is 0.453 e. The van der Waals surface area contributed by atoms with Gasteiger partial charge in [-0.1, -0.05) is 0 Å². The van der Waals surface area contributed by atoms with Crippen LogP contribution in [0.4, 0.5) is 27.8 Å². The van der Waals surface area contributed by atoms with E-state index in [2.05, 4.69) is 25.3 Å². The summed E-state index contributed by atoms with van der Waals surface area (Å²) >= 11 is 0.